The van der Waals surface area contributed by atoms with E-state index in [1.165, 1.54) is 24.5 Å². The van der Waals surface area contributed by atoms with Crippen LogP contribution in [0.5, 0.6) is 0 Å². The Balaban J connectivity index is 1.98. The van der Waals surface area contributed by atoms with Crippen molar-refractivity contribution in [2.75, 3.05) is 19.0 Å². The van der Waals surface area contributed by atoms with E-state index in [0.717, 1.165) is 29.1 Å². The molecule has 0 radical (unpaired) electrons. The van der Waals surface area contributed by atoms with Gasteiger partial charge in [0.2, 0.25) is 0 Å². The summed E-state index contributed by atoms with van der Waals surface area (Å²) in [7, 11) is 1.26. The van der Waals surface area contributed by atoms with Crippen LogP contribution in [-0.4, -0.2) is 36.5 Å². The summed E-state index contributed by atoms with van der Waals surface area (Å²) in [5.41, 5.74) is 0.419. The molecule has 27 heavy (non-hydrogen) atoms. The number of nitrogens with zero attached hydrogens (tertiary/aromatic N) is 1. The van der Waals surface area contributed by atoms with Gasteiger partial charge >= 0.3 is 5.97 Å². The van der Waals surface area contributed by atoms with Crippen molar-refractivity contribution in [3.63, 3.8) is 0 Å². The summed E-state index contributed by atoms with van der Waals surface area (Å²) in [6.07, 6.45) is 0.637. The van der Waals surface area contributed by atoms with Crippen LogP contribution in [0.2, 0.25) is 0 Å². The van der Waals surface area contributed by atoms with Crippen LogP contribution in [0.3, 0.4) is 0 Å². The molecule has 1 aliphatic heterocycles. The van der Waals surface area contributed by atoms with Gasteiger partial charge in [-0.25, -0.2) is 13.6 Å². The average Bonchev–Trinajstić information content (AvgIpc) is 2.97. The number of esters is 1. The van der Waals surface area contributed by atoms with Crippen LogP contribution in [-0.2, 0) is 17.7 Å². The fourth-order valence-corrected chi connectivity index (χ4v) is 4.41. The molecular formula is C19H20F2N2O3S. The second-order valence-electron chi connectivity index (χ2n) is 6.56. The van der Waals surface area contributed by atoms with Gasteiger partial charge in [-0.3, -0.25) is 9.69 Å². The van der Waals surface area contributed by atoms with Crippen LogP contribution in [0.1, 0.15) is 45.0 Å². The fourth-order valence-electron chi connectivity index (χ4n) is 3.15. The van der Waals surface area contributed by atoms with Crippen molar-refractivity contribution < 1.29 is 23.1 Å². The Labute approximate surface area is 159 Å². The highest BCUT2D eigenvalue weighted by Gasteiger charge is 2.30. The highest BCUT2D eigenvalue weighted by Crippen LogP contribution is 2.38. The van der Waals surface area contributed by atoms with E-state index in [1.54, 1.807) is 0 Å². The number of fused-ring (bicyclic) bond motifs is 1. The highest BCUT2D eigenvalue weighted by atomic mass is 32.1. The number of amides is 1. The van der Waals surface area contributed by atoms with E-state index in [0.29, 0.717) is 19.0 Å². The molecule has 0 bridgehead atoms. The quantitative estimate of drug-likeness (QED) is 0.801. The molecule has 1 aliphatic rings. The summed E-state index contributed by atoms with van der Waals surface area (Å²) in [6, 6.07) is 3.55. The third-order valence-corrected chi connectivity index (χ3v) is 5.76. The van der Waals surface area contributed by atoms with Gasteiger partial charge in [-0.05, 0) is 38.0 Å². The first-order valence-corrected chi connectivity index (χ1v) is 9.37. The Morgan fingerprint density at radius 2 is 1.89 bits per heavy atom. The van der Waals surface area contributed by atoms with Crippen LogP contribution < -0.4 is 5.32 Å². The molecule has 2 aromatic rings. The Morgan fingerprint density at radius 3 is 2.48 bits per heavy atom. The van der Waals surface area contributed by atoms with Crippen molar-refractivity contribution in [3.05, 3.63) is 51.4 Å². The number of nitrogens with one attached hydrogen (secondary N) is 1. The molecule has 0 aliphatic carbocycles. The lowest BCUT2D eigenvalue weighted by Gasteiger charge is -2.30. The lowest BCUT2D eigenvalue weighted by molar-refractivity contribution is 0.0600. The second-order valence-corrected chi connectivity index (χ2v) is 7.67. The molecule has 144 valence electrons. The number of anilines is 1. The molecule has 1 aromatic carbocycles. The summed E-state index contributed by atoms with van der Waals surface area (Å²) in [5.74, 6) is -3.43. The molecule has 3 rings (SSSR count). The van der Waals surface area contributed by atoms with Gasteiger partial charge in [0.15, 0.2) is 0 Å². The standard InChI is InChI=1S/C19H20F2N2O3S/c1-10(2)23-8-7-11-14(9-23)27-18(15(11)19(25)26-3)22-17(24)16-12(20)5-4-6-13(16)21/h4-6,10H,7-9H2,1-3H3,(H,22,24). The van der Waals surface area contributed by atoms with Crippen LogP contribution in [0.4, 0.5) is 13.8 Å². The summed E-state index contributed by atoms with van der Waals surface area (Å²) in [5, 5.41) is 2.76. The smallest absolute Gasteiger partial charge is 0.341 e. The van der Waals surface area contributed by atoms with E-state index >= 15 is 0 Å². The van der Waals surface area contributed by atoms with Crippen molar-refractivity contribution in [3.8, 4) is 0 Å². The van der Waals surface area contributed by atoms with E-state index in [9.17, 15) is 18.4 Å². The Bertz CT molecular complexity index is 875. The third-order valence-electron chi connectivity index (χ3n) is 4.62. The topological polar surface area (TPSA) is 58.6 Å². The first-order chi connectivity index (χ1) is 12.8. The van der Waals surface area contributed by atoms with E-state index in [1.807, 2.05) is 0 Å². The molecule has 1 aromatic heterocycles. The summed E-state index contributed by atoms with van der Waals surface area (Å²) in [6.45, 7) is 5.60. The molecule has 0 saturated heterocycles. The molecule has 5 nitrogen and oxygen atoms in total. The van der Waals surface area contributed by atoms with Crippen LogP contribution in [0.25, 0.3) is 0 Å². The van der Waals surface area contributed by atoms with Crippen LogP contribution >= 0.6 is 11.3 Å². The van der Waals surface area contributed by atoms with Crippen LogP contribution in [0, 0.1) is 11.6 Å². The molecule has 0 saturated carbocycles. The lowest BCUT2D eigenvalue weighted by Crippen LogP contribution is -2.35. The van der Waals surface area contributed by atoms with Gasteiger partial charge in [-0.2, -0.15) is 0 Å². The van der Waals surface area contributed by atoms with Gasteiger partial charge in [0.25, 0.3) is 5.91 Å². The zero-order valence-electron chi connectivity index (χ0n) is 15.3. The number of hydrogen-bond acceptors (Lipinski definition) is 5. The molecule has 0 fully saturated rings. The number of thiophene rings is 1. The number of ether oxygens (including phenoxy) is 1. The maximum atomic E-state index is 13.9. The van der Waals surface area contributed by atoms with E-state index in [2.05, 4.69) is 24.1 Å². The molecule has 0 unspecified atom stereocenters. The van der Waals surface area contributed by atoms with Gasteiger partial charge in [-0.15, -0.1) is 11.3 Å². The second kappa shape index (κ2) is 7.74. The van der Waals surface area contributed by atoms with Crippen molar-refractivity contribution in [1.29, 1.82) is 0 Å². The van der Waals surface area contributed by atoms with Crippen molar-refractivity contribution >= 4 is 28.2 Å². The van der Waals surface area contributed by atoms with E-state index < -0.39 is 29.1 Å². The minimum atomic E-state index is -0.959. The normalized spacial score (nSPS) is 14.1. The van der Waals surface area contributed by atoms with Gasteiger partial charge in [-0.1, -0.05) is 6.07 Å². The third kappa shape index (κ3) is 3.72. The number of rotatable bonds is 4. The fraction of sp³-hybridized carbons (Fsp3) is 0.368. The first kappa shape index (κ1) is 19.4. The van der Waals surface area contributed by atoms with Gasteiger partial charge in [0, 0.05) is 24.0 Å². The number of halogens is 2. The lowest BCUT2D eigenvalue weighted by atomic mass is 10.0. The highest BCUT2D eigenvalue weighted by molar-refractivity contribution is 7.17. The van der Waals surface area contributed by atoms with Gasteiger partial charge in [0.05, 0.1) is 12.7 Å². The summed E-state index contributed by atoms with van der Waals surface area (Å²) < 4.78 is 32.7. The molecule has 0 atom stereocenters. The zero-order valence-corrected chi connectivity index (χ0v) is 16.1. The largest absolute Gasteiger partial charge is 0.465 e. The van der Waals surface area contributed by atoms with E-state index in [-0.39, 0.29) is 10.6 Å². The predicted octanol–water partition coefficient (Wildman–Crippen LogP) is 3.83. The molecule has 1 N–H and O–H groups in total. The molecule has 0 spiro atoms. The summed E-state index contributed by atoms with van der Waals surface area (Å²) in [4.78, 5) is 28.0. The number of benzene rings is 1. The zero-order chi connectivity index (χ0) is 19.7. The Morgan fingerprint density at radius 1 is 1.22 bits per heavy atom. The van der Waals surface area contributed by atoms with Gasteiger partial charge < -0.3 is 10.1 Å². The minimum absolute atomic E-state index is 0.255. The van der Waals surface area contributed by atoms with Crippen molar-refractivity contribution in [2.24, 2.45) is 0 Å². The molecule has 1 amide bonds. The number of carbonyl (C=O) groups excluding carboxylic acids is 2. The number of carbonyl (C=O) groups is 2. The molecular weight excluding hydrogens is 374 g/mol. The SMILES string of the molecule is COC(=O)c1c(NC(=O)c2c(F)cccc2F)sc2c1CCN(C(C)C)C2. The maximum absolute atomic E-state index is 13.9. The Hall–Kier alpha value is -2.32. The van der Waals surface area contributed by atoms with Crippen molar-refractivity contribution in [2.45, 2.75) is 32.9 Å². The van der Waals surface area contributed by atoms with Crippen molar-refractivity contribution in [1.82, 2.24) is 4.90 Å². The Kier molecular flexibility index (Phi) is 5.57. The maximum Gasteiger partial charge on any atom is 0.341 e. The minimum Gasteiger partial charge on any atom is -0.465 e. The summed E-state index contributed by atoms with van der Waals surface area (Å²) >= 11 is 1.24. The number of methoxy groups -OCH3 is 1. The van der Waals surface area contributed by atoms with Gasteiger partial charge in [0.1, 0.15) is 22.2 Å². The monoisotopic (exact) mass is 394 g/mol. The van der Waals surface area contributed by atoms with Crippen LogP contribution in [0.15, 0.2) is 18.2 Å². The first-order valence-electron chi connectivity index (χ1n) is 8.55. The molecule has 8 heteroatoms. The average molecular weight is 394 g/mol. The molecule has 2 heterocycles. The van der Waals surface area contributed by atoms with E-state index in [4.69, 9.17) is 4.74 Å². The predicted molar refractivity (Wildman–Crippen MR) is 99.2 cm³/mol. The number of hydrogen-bond donors (Lipinski definition) is 1.